The van der Waals surface area contributed by atoms with Gasteiger partial charge in [0.2, 0.25) is 0 Å². The minimum atomic E-state index is 0.0718. The zero-order chi connectivity index (χ0) is 14.7. The maximum Gasteiger partial charge on any atom is 0.167 e. The Labute approximate surface area is 131 Å². The third-order valence-corrected chi connectivity index (χ3v) is 4.93. The summed E-state index contributed by atoms with van der Waals surface area (Å²) in [6, 6.07) is 3.76. The fourth-order valence-corrected chi connectivity index (χ4v) is 3.54. The normalized spacial score (nSPS) is 19.2. The van der Waals surface area contributed by atoms with E-state index in [-0.39, 0.29) is 11.2 Å². The molecule has 0 aromatic carbocycles. The molecular formula is C14H16BrN3OS. The van der Waals surface area contributed by atoms with E-state index in [1.165, 1.54) is 0 Å². The summed E-state index contributed by atoms with van der Waals surface area (Å²) < 4.78 is 0.790. The number of aromatic nitrogens is 1. The summed E-state index contributed by atoms with van der Waals surface area (Å²) in [7, 11) is 0. The molecule has 2 rings (SSSR count). The van der Waals surface area contributed by atoms with Gasteiger partial charge in [0.15, 0.2) is 5.78 Å². The third-order valence-electron chi connectivity index (χ3n) is 3.03. The lowest BCUT2D eigenvalue weighted by molar-refractivity contribution is -0.113. The molecule has 0 fully saturated rings. The van der Waals surface area contributed by atoms with E-state index in [4.69, 9.17) is 0 Å². The first-order chi connectivity index (χ1) is 9.52. The van der Waals surface area contributed by atoms with Crippen LogP contribution in [0.4, 0.5) is 5.69 Å². The summed E-state index contributed by atoms with van der Waals surface area (Å²) in [5.41, 5.74) is 1.84. The summed E-state index contributed by atoms with van der Waals surface area (Å²) in [6.07, 6.45) is 3.58. The van der Waals surface area contributed by atoms with E-state index in [1.807, 2.05) is 25.3 Å². The van der Waals surface area contributed by atoms with Gasteiger partial charge in [0.25, 0.3) is 0 Å². The fraction of sp³-hybridized carbons (Fsp3) is 0.357. The van der Waals surface area contributed by atoms with E-state index < -0.39 is 0 Å². The van der Waals surface area contributed by atoms with Gasteiger partial charge in [0.05, 0.1) is 16.8 Å². The molecule has 1 aliphatic heterocycles. The fourth-order valence-electron chi connectivity index (χ4n) is 2.05. The van der Waals surface area contributed by atoms with Gasteiger partial charge in [-0.1, -0.05) is 11.8 Å². The number of halogens is 1. The topological polar surface area (TPSA) is 45.6 Å². The molecule has 106 valence electrons. The van der Waals surface area contributed by atoms with Crippen molar-refractivity contribution in [1.29, 1.82) is 0 Å². The van der Waals surface area contributed by atoms with E-state index in [1.54, 1.807) is 24.9 Å². The van der Waals surface area contributed by atoms with Gasteiger partial charge < -0.3 is 4.90 Å². The smallest absolute Gasteiger partial charge is 0.167 e. The second-order valence-electron chi connectivity index (χ2n) is 4.38. The molecule has 1 atom stereocenters. The number of nitrogens with zero attached hydrogens (tertiary/aromatic N) is 3. The van der Waals surface area contributed by atoms with Crippen LogP contribution in [0.5, 0.6) is 0 Å². The van der Waals surface area contributed by atoms with E-state index in [9.17, 15) is 4.79 Å². The van der Waals surface area contributed by atoms with Crippen molar-refractivity contribution in [2.24, 2.45) is 4.99 Å². The van der Waals surface area contributed by atoms with Crippen LogP contribution in [-0.4, -0.2) is 33.8 Å². The second-order valence-corrected chi connectivity index (χ2v) is 6.32. The van der Waals surface area contributed by atoms with Crippen molar-refractivity contribution in [3.05, 3.63) is 33.5 Å². The first-order valence-corrected chi connectivity index (χ1v) is 8.01. The molecule has 6 heteroatoms. The predicted octanol–water partition coefficient (Wildman–Crippen LogP) is 3.76. The van der Waals surface area contributed by atoms with Crippen LogP contribution >= 0.6 is 27.7 Å². The quantitative estimate of drug-likeness (QED) is 0.610. The minimum absolute atomic E-state index is 0.0718. The second kappa shape index (κ2) is 6.54. The Morgan fingerprint density at radius 2 is 2.35 bits per heavy atom. The van der Waals surface area contributed by atoms with E-state index >= 15 is 0 Å². The number of ketones is 1. The van der Waals surface area contributed by atoms with Crippen molar-refractivity contribution in [3.63, 3.8) is 0 Å². The summed E-state index contributed by atoms with van der Waals surface area (Å²) in [6.45, 7) is 6.53. The number of thioether (sulfide) groups is 1. The average Bonchev–Trinajstić information content (AvgIpc) is 2.74. The van der Waals surface area contributed by atoms with Gasteiger partial charge in [-0.15, -0.1) is 0 Å². The Bertz CT molecular complexity index is 568. The van der Waals surface area contributed by atoms with Crippen LogP contribution in [0, 0.1) is 0 Å². The van der Waals surface area contributed by atoms with Crippen LogP contribution in [0.3, 0.4) is 0 Å². The molecule has 20 heavy (non-hydrogen) atoms. The Morgan fingerprint density at radius 3 is 2.90 bits per heavy atom. The van der Waals surface area contributed by atoms with Crippen molar-refractivity contribution in [2.75, 3.05) is 6.54 Å². The van der Waals surface area contributed by atoms with Gasteiger partial charge in [-0.25, -0.2) is 4.98 Å². The lowest BCUT2D eigenvalue weighted by Crippen LogP contribution is -2.28. The summed E-state index contributed by atoms with van der Waals surface area (Å²) in [5.74, 6) is 0.118. The Kier molecular flexibility index (Phi) is 4.99. The summed E-state index contributed by atoms with van der Waals surface area (Å²) in [4.78, 5) is 23.2. The largest absolute Gasteiger partial charge is 0.357 e. The molecule has 0 radical (unpaired) electrons. The molecule has 0 bridgehead atoms. The van der Waals surface area contributed by atoms with Crippen molar-refractivity contribution >= 4 is 45.4 Å². The Balaban J connectivity index is 2.14. The standard InChI is InChI=1S/C14H16BrN3OS/c1-4-18-9(2)14(10(3)19)20-13(18)8-16-11-5-6-12(15)17-7-11/h5-8,13H,4H2,1-3H3. The first kappa shape index (κ1) is 15.3. The average molecular weight is 354 g/mol. The van der Waals surface area contributed by atoms with Crippen molar-refractivity contribution in [1.82, 2.24) is 9.88 Å². The molecule has 0 saturated heterocycles. The highest BCUT2D eigenvalue weighted by Gasteiger charge is 2.29. The molecule has 1 aliphatic rings. The lowest BCUT2D eigenvalue weighted by atomic mass is 10.3. The van der Waals surface area contributed by atoms with Gasteiger partial charge in [0, 0.05) is 18.5 Å². The molecule has 0 amide bonds. The third kappa shape index (κ3) is 3.30. The van der Waals surface area contributed by atoms with E-state index in [2.05, 4.69) is 37.7 Å². The lowest BCUT2D eigenvalue weighted by Gasteiger charge is -2.22. The summed E-state index contributed by atoms with van der Waals surface area (Å²) >= 11 is 4.85. The predicted molar refractivity (Wildman–Crippen MR) is 87.2 cm³/mol. The molecule has 1 aromatic heterocycles. The molecule has 0 aliphatic carbocycles. The van der Waals surface area contributed by atoms with Gasteiger partial charge in [0.1, 0.15) is 9.98 Å². The first-order valence-electron chi connectivity index (χ1n) is 6.33. The summed E-state index contributed by atoms with van der Waals surface area (Å²) in [5, 5.41) is 0.0718. The maximum absolute atomic E-state index is 11.6. The van der Waals surface area contributed by atoms with Crippen molar-refractivity contribution in [2.45, 2.75) is 26.1 Å². The van der Waals surface area contributed by atoms with Crippen LogP contribution < -0.4 is 0 Å². The monoisotopic (exact) mass is 353 g/mol. The number of carbonyl (C=O) groups is 1. The minimum Gasteiger partial charge on any atom is -0.357 e. The number of Topliss-reactive ketones (excluding diaryl/α,β-unsaturated/α-hetero) is 1. The number of hydrogen-bond acceptors (Lipinski definition) is 5. The Hall–Kier alpha value is -1.14. The van der Waals surface area contributed by atoms with Gasteiger partial charge >= 0.3 is 0 Å². The highest BCUT2D eigenvalue weighted by Crippen LogP contribution is 2.37. The van der Waals surface area contributed by atoms with Crippen LogP contribution in [0.1, 0.15) is 20.8 Å². The molecule has 2 heterocycles. The number of carbonyl (C=O) groups excluding carboxylic acids is 1. The maximum atomic E-state index is 11.6. The van der Waals surface area contributed by atoms with Gasteiger partial charge in [-0.2, -0.15) is 0 Å². The number of aliphatic imine (C=N–C) groups is 1. The molecule has 0 N–H and O–H groups in total. The van der Waals surface area contributed by atoms with Crippen LogP contribution in [-0.2, 0) is 4.79 Å². The van der Waals surface area contributed by atoms with Crippen LogP contribution in [0.15, 0.2) is 38.5 Å². The molecule has 1 aromatic rings. The molecule has 0 saturated carbocycles. The molecular weight excluding hydrogens is 338 g/mol. The van der Waals surface area contributed by atoms with Crippen molar-refractivity contribution < 1.29 is 4.79 Å². The SMILES string of the molecule is CCN1C(C)=C(C(C)=O)SC1C=Nc1ccc(Br)nc1. The highest BCUT2D eigenvalue weighted by atomic mass is 79.9. The van der Waals surface area contributed by atoms with Gasteiger partial charge in [-0.3, -0.25) is 9.79 Å². The zero-order valence-corrected chi connectivity index (χ0v) is 14.0. The zero-order valence-electron chi connectivity index (χ0n) is 11.6. The number of hydrogen-bond donors (Lipinski definition) is 0. The van der Waals surface area contributed by atoms with E-state index in [0.717, 1.165) is 27.4 Å². The van der Waals surface area contributed by atoms with Crippen LogP contribution in [0.2, 0.25) is 0 Å². The number of pyridine rings is 1. The van der Waals surface area contributed by atoms with E-state index in [0.29, 0.717) is 0 Å². The molecule has 1 unspecified atom stereocenters. The van der Waals surface area contributed by atoms with Gasteiger partial charge in [-0.05, 0) is 48.8 Å². The van der Waals surface area contributed by atoms with Crippen LogP contribution in [0.25, 0.3) is 0 Å². The molecule has 0 spiro atoms. The Morgan fingerprint density at radius 1 is 1.60 bits per heavy atom. The highest BCUT2D eigenvalue weighted by molar-refractivity contribution is 9.10. The number of rotatable bonds is 4. The molecule has 4 nitrogen and oxygen atoms in total. The van der Waals surface area contributed by atoms with Crippen molar-refractivity contribution in [3.8, 4) is 0 Å². The number of allylic oxidation sites excluding steroid dienone is 2.